The van der Waals surface area contributed by atoms with Crippen LogP contribution in [0, 0.1) is 0 Å². The van der Waals surface area contributed by atoms with E-state index in [-0.39, 0.29) is 6.04 Å². The molecule has 112 valence electrons. The van der Waals surface area contributed by atoms with Crippen LogP contribution in [0.25, 0.3) is 5.65 Å². The standard InChI is InChI=1S/C15H22N6/c1-10(16)14(17)9-21(18)8-13-7-20-6-12(11-2-3-11)4-5-15(20)19-13/h4-7,9-11H,2-3,8,16-18H2,1H3/b14-9-. The summed E-state index contributed by atoms with van der Waals surface area (Å²) in [5.41, 5.74) is 15.3. The lowest BCUT2D eigenvalue weighted by Gasteiger charge is -2.14. The van der Waals surface area contributed by atoms with Gasteiger partial charge in [0.15, 0.2) is 0 Å². The highest BCUT2D eigenvalue weighted by Gasteiger charge is 2.23. The predicted octanol–water partition coefficient (Wildman–Crippen LogP) is 1.03. The summed E-state index contributed by atoms with van der Waals surface area (Å²) in [6.07, 6.45) is 8.42. The molecule has 1 unspecified atom stereocenters. The molecule has 1 atom stereocenters. The summed E-state index contributed by atoms with van der Waals surface area (Å²) in [5.74, 6) is 6.66. The maximum atomic E-state index is 5.93. The maximum absolute atomic E-state index is 5.93. The maximum Gasteiger partial charge on any atom is 0.137 e. The first-order valence-electron chi connectivity index (χ1n) is 7.24. The molecule has 2 aromatic rings. The summed E-state index contributed by atoms with van der Waals surface area (Å²) in [6, 6.07) is 4.01. The van der Waals surface area contributed by atoms with E-state index < -0.39 is 0 Å². The molecule has 3 rings (SSSR count). The van der Waals surface area contributed by atoms with Crippen molar-refractivity contribution in [3.8, 4) is 0 Å². The first-order valence-corrected chi connectivity index (χ1v) is 7.24. The molecule has 6 nitrogen and oxygen atoms in total. The average molecular weight is 286 g/mol. The molecule has 0 aromatic carbocycles. The van der Waals surface area contributed by atoms with Gasteiger partial charge in [0, 0.05) is 30.3 Å². The van der Waals surface area contributed by atoms with E-state index in [0.717, 1.165) is 17.3 Å². The number of hydrazine groups is 1. The number of aromatic nitrogens is 2. The Morgan fingerprint density at radius 3 is 2.90 bits per heavy atom. The van der Waals surface area contributed by atoms with Crippen LogP contribution in [0.1, 0.15) is 36.9 Å². The largest absolute Gasteiger partial charge is 0.400 e. The molecule has 1 fully saturated rings. The summed E-state index contributed by atoms with van der Waals surface area (Å²) in [4.78, 5) is 4.57. The molecule has 21 heavy (non-hydrogen) atoms. The highest BCUT2D eigenvalue weighted by Crippen LogP contribution is 2.39. The number of nitrogens with zero attached hydrogens (tertiary/aromatic N) is 3. The van der Waals surface area contributed by atoms with E-state index in [1.54, 1.807) is 6.20 Å². The zero-order valence-corrected chi connectivity index (χ0v) is 12.2. The number of imidazole rings is 1. The molecule has 6 heteroatoms. The van der Waals surface area contributed by atoms with Gasteiger partial charge in [-0.1, -0.05) is 6.07 Å². The van der Waals surface area contributed by atoms with Gasteiger partial charge in [-0.15, -0.1) is 0 Å². The molecule has 1 saturated carbocycles. The van der Waals surface area contributed by atoms with E-state index in [1.165, 1.54) is 23.4 Å². The van der Waals surface area contributed by atoms with E-state index in [2.05, 4.69) is 27.7 Å². The zero-order chi connectivity index (χ0) is 15.0. The molecule has 1 aliphatic rings. The minimum absolute atomic E-state index is 0.210. The van der Waals surface area contributed by atoms with Gasteiger partial charge in [-0.2, -0.15) is 0 Å². The molecule has 1 aliphatic carbocycles. The van der Waals surface area contributed by atoms with Crippen LogP contribution in [0.5, 0.6) is 0 Å². The van der Waals surface area contributed by atoms with Crippen LogP contribution in [-0.4, -0.2) is 20.4 Å². The van der Waals surface area contributed by atoms with Gasteiger partial charge in [0.25, 0.3) is 0 Å². The van der Waals surface area contributed by atoms with Crippen molar-refractivity contribution >= 4 is 5.65 Å². The molecular weight excluding hydrogens is 264 g/mol. The second-order valence-corrected chi connectivity index (χ2v) is 5.82. The van der Waals surface area contributed by atoms with Gasteiger partial charge < -0.3 is 20.9 Å². The van der Waals surface area contributed by atoms with Crippen molar-refractivity contribution in [3.63, 3.8) is 0 Å². The Morgan fingerprint density at radius 1 is 1.48 bits per heavy atom. The third-order valence-electron chi connectivity index (χ3n) is 3.76. The van der Waals surface area contributed by atoms with Crippen LogP contribution < -0.4 is 17.3 Å². The smallest absolute Gasteiger partial charge is 0.137 e. The monoisotopic (exact) mass is 286 g/mol. The average Bonchev–Trinajstić information content (AvgIpc) is 3.19. The first-order chi connectivity index (χ1) is 10.0. The number of hydrogen-bond donors (Lipinski definition) is 3. The number of fused-ring (bicyclic) bond motifs is 1. The van der Waals surface area contributed by atoms with Gasteiger partial charge in [0.05, 0.1) is 12.2 Å². The van der Waals surface area contributed by atoms with Crippen molar-refractivity contribution in [2.24, 2.45) is 17.3 Å². The number of hydrogen-bond acceptors (Lipinski definition) is 5. The Bertz CT molecular complexity index is 668. The Kier molecular flexibility index (Phi) is 3.57. The quantitative estimate of drug-likeness (QED) is 0.563. The lowest BCUT2D eigenvalue weighted by Crippen LogP contribution is -2.31. The molecule has 0 aliphatic heterocycles. The second-order valence-electron chi connectivity index (χ2n) is 5.82. The van der Waals surface area contributed by atoms with Crippen LogP contribution in [0.3, 0.4) is 0 Å². The van der Waals surface area contributed by atoms with Crippen molar-refractivity contribution in [1.29, 1.82) is 0 Å². The molecule has 0 bridgehead atoms. The highest BCUT2D eigenvalue weighted by molar-refractivity contribution is 5.42. The van der Waals surface area contributed by atoms with Crippen molar-refractivity contribution in [2.75, 3.05) is 0 Å². The van der Waals surface area contributed by atoms with Crippen molar-refractivity contribution in [2.45, 2.75) is 38.3 Å². The molecule has 0 amide bonds. The van der Waals surface area contributed by atoms with E-state index >= 15 is 0 Å². The summed E-state index contributed by atoms with van der Waals surface area (Å²) in [7, 11) is 0. The lowest BCUT2D eigenvalue weighted by molar-refractivity contribution is 0.377. The molecule has 6 N–H and O–H groups in total. The van der Waals surface area contributed by atoms with Crippen LogP contribution >= 0.6 is 0 Å². The molecule has 0 radical (unpaired) electrons. The number of rotatable bonds is 5. The third-order valence-corrected chi connectivity index (χ3v) is 3.76. The summed E-state index contributed by atoms with van der Waals surface area (Å²) in [6.45, 7) is 2.32. The normalized spacial score (nSPS) is 17.2. The molecule has 0 spiro atoms. The predicted molar refractivity (Wildman–Crippen MR) is 82.8 cm³/mol. The molecular formula is C15H22N6. The van der Waals surface area contributed by atoms with Gasteiger partial charge in [0.1, 0.15) is 5.65 Å². The van der Waals surface area contributed by atoms with Crippen molar-refractivity contribution in [3.05, 3.63) is 47.7 Å². The Balaban J connectivity index is 1.76. The number of pyridine rings is 1. The number of nitrogens with two attached hydrogens (primary N) is 3. The fourth-order valence-electron chi connectivity index (χ4n) is 2.34. The molecule has 2 heterocycles. The summed E-state index contributed by atoms with van der Waals surface area (Å²) in [5, 5.41) is 1.52. The fraction of sp³-hybridized carbons (Fsp3) is 0.400. The van der Waals surface area contributed by atoms with Gasteiger partial charge in [-0.05, 0) is 37.3 Å². The van der Waals surface area contributed by atoms with Crippen molar-refractivity contribution < 1.29 is 0 Å². The van der Waals surface area contributed by atoms with Crippen LogP contribution in [-0.2, 0) is 6.54 Å². The van der Waals surface area contributed by atoms with E-state index in [4.69, 9.17) is 17.3 Å². The van der Waals surface area contributed by atoms with Gasteiger partial charge in [-0.3, -0.25) is 0 Å². The summed E-state index contributed by atoms with van der Waals surface area (Å²) >= 11 is 0. The van der Waals surface area contributed by atoms with Gasteiger partial charge in [-0.25, -0.2) is 10.8 Å². The highest BCUT2D eigenvalue weighted by atomic mass is 15.4. The van der Waals surface area contributed by atoms with Crippen LogP contribution in [0.4, 0.5) is 0 Å². The topological polar surface area (TPSA) is 98.6 Å². The minimum Gasteiger partial charge on any atom is -0.400 e. The van der Waals surface area contributed by atoms with Gasteiger partial charge in [0.2, 0.25) is 0 Å². The lowest BCUT2D eigenvalue weighted by atomic mass is 10.2. The van der Waals surface area contributed by atoms with Crippen LogP contribution in [0.2, 0.25) is 0 Å². The Labute approximate surface area is 124 Å². The first kappa shape index (κ1) is 13.9. The van der Waals surface area contributed by atoms with E-state index in [9.17, 15) is 0 Å². The molecule has 2 aromatic heterocycles. The zero-order valence-electron chi connectivity index (χ0n) is 12.2. The van der Waals surface area contributed by atoms with Crippen molar-refractivity contribution in [1.82, 2.24) is 14.4 Å². The fourth-order valence-corrected chi connectivity index (χ4v) is 2.34. The Hall–Kier alpha value is -2.05. The SMILES string of the molecule is CC(N)/C(N)=C/N(N)Cc1cn2cc(C3CC3)ccc2n1. The van der Waals surface area contributed by atoms with Crippen LogP contribution in [0.15, 0.2) is 36.4 Å². The van der Waals surface area contributed by atoms with Gasteiger partial charge >= 0.3 is 0 Å². The Morgan fingerprint density at radius 2 is 2.24 bits per heavy atom. The molecule has 0 saturated heterocycles. The summed E-state index contributed by atoms with van der Waals surface area (Å²) < 4.78 is 2.06. The second kappa shape index (κ2) is 5.38. The van der Waals surface area contributed by atoms with E-state index in [0.29, 0.717) is 12.2 Å². The third kappa shape index (κ3) is 3.17. The minimum atomic E-state index is -0.210. The van der Waals surface area contributed by atoms with E-state index in [1.807, 2.05) is 13.1 Å².